The molecule has 1 aliphatic heterocycles. The molecule has 1 atom stereocenters. The number of alkyl halides is 3. The van der Waals surface area contributed by atoms with Crippen molar-refractivity contribution < 1.29 is 32.1 Å². The molecule has 1 aromatic carbocycles. The summed E-state index contributed by atoms with van der Waals surface area (Å²) in [4.78, 5) is 4.01. The third-order valence-electron chi connectivity index (χ3n) is 4.00. The number of hydrogen-bond acceptors (Lipinski definition) is 5. The first-order valence-electron chi connectivity index (χ1n) is 7.74. The quantitative estimate of drug-likeness (QED) is 0.655. The molecule has 1 aliphatic rings. The Morgan fingerprint density at radius 3 is 2.19 bits per heavy atom. The lowest BCUT2D eigenvalue weighted by atomic mass is 9.96. The molecule has 0 amide bonds. The number of ether oxygens (including phenoxy) is 4. The summed E-state index contributed by atoms with van der Waals surface area (Å²) in [7, 11) is 5.59. The van der Waals surface area contributed by atoms with Gasteiger partial charge < -0.3 is 18.9 Å². The van der Waals surface area contributed by atoms with Gasteiger partial charge in [-0.1, -0.05) is 0 Å². The molecule has 27 heavy (non-hydrogen) atoms. The number of methoxy groups -OCH3 is 4. The van der Waals surface area contributed by atoms with Crippen molar-refractivity contribution in [2.75, 3.05) is 28.4 Å². The Bertz CT molecular complexity index is 816. The lowest BCUT2D eigenvalue weighted by Crippen LogP contribution is -2.26. The van der Waals surface area contributed by atoms with Crippen molar-refractivity contribution in [2.24, 2.45) is 4.99 Å². The highest BCUT2D eigenvalue weighted by molar-refractivity contribution is 9.12. The number of benzene rings is 1. The summed E-state index contributed by atoms with van der Waals surface area (Å²) < 4.78 is 62.0. The fourth-order valence-corrected chi connectivity index (χ4v) is 3.38. The maximum atomic E-state index is 13.7. The molecule has 1 heterocycles. The number of halogens is 4. The van der Waals surface area contributed by atoms with E-state index in [0.29, 0.717) is 16.9 Å². The van der Waals surface area contributed by atoms with Gasteiger partial charge in [0.05, 0.1) is 26.9 Å². The lowest BCUT2D eigenvalue weighted by molar-refractivity contribution is -0.0913. The van der Waals surface area contributed by atoms with Gasteiger partial charge in [0.1, 0.15) is 0 Å². The number of nitrogens with zero attached hydrogens (tertiary/aromatic N) is 1. The SMILES string of the molecule is COc1cc(C)c(C=C2C(C(F)(F)F)=C(Br)C=NC2OC)c(OC)c1OC. The summed E-state index contributed by atoms with van der Waals surface area (Å²) in [6, 6.07) is 1.66. The molecule has 148 valence electrons. The molecule has 0 bridgehead atoms. The Morgan fingerprint density at radius 1 is 1.07 bits per heavy atom. The van der Waals surface area contributed by atoms with Crippen LogP contribution in [0.2, 0.25) is 0 Å². The van der Waals surface area contributed by atoms with Crippen LogP contribution in [-0.2, 0) is 4.74 Å². The van der Waals surface area contributed by atoms with E-state index in [1.807, 2.05) is 0 Å². The van der Waals surface area contributed by atoms with Crippen LogP contribution in [0.1, 0.15) is 11.1 Å². The summed E-state index contributed by atoms with van der Waals surface area (Å²) in [5, 5.41) is 0. The lowest BCUT2D eigenvalue weighted by Gasteiger charge is -2.25. The second-order valence-corrected chi connectivity index (χ2v) is 6.42. The zero-order valence-electron chi connectivity index (χ0n) is 15.4. The van der Waals surface area contributed by atoms with Gasteiger partial charge >= 0.3 is 6.18 Å². The van der Waals surface area contributed by atoms with Crippen molar-refractivity contribution in [3.63, 3.8) is 0 Å². The van der Waals surface area contributed by atoms with E-state index in [0.717, 1.165) is 6.21 Å². The van der Waals surface area contributed by atoms with Gasteiger partial charge in [-0.15, -0.1) is 0 Å². The van der Waals surface area contributed by atoms with E-state index in [9.17, 15) is 13.2 Å². The van der Waals surface area contributed by atoms with Crippen LogP contribution in [-0.4, -0.2) is 47.1 Å². The van der Waals surface area contributed by atoms with E-state index in [4.69, 9.17) is 18.9 Å². The molecule has 0 spiro atoms. The second-order valence-electron chi connectivity index (χ2n) is 5.56. The number of aliphatic imine (C=N–C) groups is 1. The standard InChI is InChI=1S/C18H19BrF3NO4/c1-9-6-13(24-2)16(26-4)15(25-3)10(9)7-11-14(18(20,21)22)12(19)8-23-17(11)27-5/h6-8,17H,1-5H3. The summed E-state index contributed by atoms with van der Waals surface area (Å²) in [6.07, 6.45) is -3.27. The zero-order chi connectivity index (χ0) is 20.4. The maximum absolute atomic E-state index is 13.7. The highest BCUT2D eigenvalue weighted by atomic mass is 79.9. The van der Waals surface area contributed by atoms with Gasteiger partial charge in [-0.2, -0.15) is 13.2 Å². The summed E-state index contributed by atoms with van der Waals surface area (Å²) in [5.41, 5.74) is 0.0407. The van der Waals surface area contributed by atoms with Crippen LogP contribution >= 0.6 is 15.9 Å². The Kier molecular flexibility index (Phi) is 6.59. The van der Waals surface area contributed by atoms with E-state index >= 15 is 0 Å². The van der Waals surface area contributed by atoms with Crippen molar-refractivity contribution >= 4 is 28.2 Å². The molecule has 0 saturated carbocycles. The third kappa shape index (κ3) is 4.14. The van der Waals surface area contributed by atoms with E-state index in [1.165, 1.54) is 34.5 Å². The average molecular weight is 450 g/mol. The first kappa shape index (κ1) is 21.3. The van der Waals surface area contributed by atoms with Crippen molar-refractivity contribution in [3.8, 4) is 17.2 Å². The van der Waals surface area contributed by atoms with Crippen molar-refractivity contribution in [1.29, 1.82) is 0 Å². The fourth-order valence-electron chi connectivity index (χ4n) is 2.81. The van der Waals surface area contributed by atoms with Crippen molar-refractivity contribution in [3.05, 3.63) is 32.8 Å². The largest absolute Gasteiger partial charge is 0.493 e. The average Bonchev–Trinajstić information content (AvgIpc) is 2.61. The van der Waals surface area contributed by atoms with Crippen LogP contribution in [0.25, 0.3) is 6.08 Å². The Labute approximate surface area is 163 Å². The number of allylic oxidation sites excluding steroid dienone is 1. The monoisotopic (exact) mass is 449 g/mol. The Balaban J connectivity index is 2.80. The van der Waals surface area contributed by atoms with Gasteiger partial charge in [0.2, 0.25) is 5.75 Å². The maximum Gasteiger partial charge on any atom is 0.417 e. The minimum Gasteiger partial charge on any atom is -0.493 e. The van der Waals surface area contributed by atoms with Gasteiger partial charge in [0.15, 0.2) is 17.7 Å². The molecule has 0 radical (unpaired) electrons. The van der Waals surface area contributed by atoms with Crippen LogP contribution in [0, 0.1) is 6.92 Å². The molecular weight excluding hydrogens is 431 g/mol. The first-order chi connectivity index (χ1) is 12.7. The van der Waals surface area contributed by atoms with Crippen LogP contribution in [0.5, 0.6) is 17.2 Å². The Hall–Kier alpha value is -2.00. The highest BCUT2D eigenvalue weighted by Gasteiger charge is 2.42. The molecule has 5 nitrogen and oxygen atoms in total. The minimum absolute atomic E-state index is 0.145. The first-order valence-corrected chi connectivity index (χ1v) is 8.53. The van der Waals surface area contributed by atoms with Crippen LogP contribution in [0.4, 0.5) is 13.2 Å². The van der Waals surface area contributed by atoms with Gasteiger partial charge in [0, 0.05) is 28.9 Å². The summed E-state index contributed by atoms with van der Waals surface area (Å²) >= 11 is 2.94. The molecule has 1 unspecified atom stereocenters. The number of dihydropyridines is 1. The van der Waals surface area contributed by atoms with Crippen molar-refractivity contribution in [2.45, 2.75) is 19.3 Å². The molecule has 9 heteroatoms. The summed E-state index contributed by atoms with van der Waals surface area (Å²) in [6.45, 7) is 1.73. The third-order valence-corrected chi connectivity index (χ3v) is 4.60. The van der Waals surface area contributed by atoms with E-state index in [2.05, 4.69) is 20.9 Å². The van der Waals surface area contributed by atoms with E-state index in [-0.39, 0.29) is 21.6 Å². The van der Waals surface area contributed by atoms with Crippen LogP contribution in [0.15, 0.2) is 26.7 Å². The number of rotatable bonds is 5. The van der Waals surface area contributed by atoms with E-state index in [1.54, 1.807) is 13.0 Å². The molecular formula is C18H19BrF3NO4. The van der Waals surface area contributed by atoms with Gasteiger partial charge in [-0.05, 0) is 40.6 Å². The van der Waals surface area contributed by atoms with Crippen LogP contribution in [0.3, 0.4) is 0 Å². The van der Waals surface area contributed by atoms with E-state index < -0.39 is 18.0 Å². The molecule has 0 N–H and O–H groups in total. The van der Waals surface area contributed by atoms with Crippen molar-refractivity contribution in [1.82, 2.24) is 0 Å². The second kappa shape index (κ2) is 8.35. The molecule has 2 rings (SSSR count). The molecule has 1 aromatic rings. The fraction of sp³-hybridized carbons (Fsp3) is 0.389. The van der Waals surface area contributed by atoms with Gasteiger partial charge in [-0.3, -0.25) is 4.99 Å². The zero-order valence-corrected chi connectivity index (χ0v) is 17.0. The molecule has 0 fully saturated rings. The van der Waals surface area contributed by atoms with Gasteiger partial charge in [0.25, 0.3) is 0 Å². The molecule has 0 aliphatic carbocycles. The topological polar surface area (TPSA) is 49.3 Å². The molecule has 0 aromatic heterocycles. The smallest absolute Gasteiger partial charge is 0.417 e. The highest BCUT2D eigenvalue weighted by Crippen LogP contribution is 2.45. The summed E-state index contributed by atoms with van der Waals surface area (Å²) in [5.74, 6) is 0.943. The Morgan fingerprint density at radius 2 is 1.70 bits per heavy atom. The minimum atomic E-state index is -4.61. The van der Waals surface area contributed by atoms with Gasteiger partial charge in [-0.25, -0.2) is 0 Å². The van der Waals surface area contributed by atoms with Crippen LogP contribution < -0.4 is 14.2 Å². The predicted octanol–water partition coefficient (Wildman–Crippen LogP) is 4.67. The number of hydrogen-bond donors (Lipinski definition) is 0. The molecule has 0 saturated heterocycles. The number of aryl methyl sites for hydroxylation is 1. The normalized spacial score (nSPS) is 18.9. The predicted molar refractivity (Wildman–Crippen MR) is 100 cm³/mol.